The van der Waals surface area contributed by atoms with E-state index in [1.807, 2.05) is 0 Å². The number of esters is 1. The molecule has 0 heterocycles. The Balaban J connectivity index is 4.35. The summed E-state index contributed by atoms with van der Waals surface area (Å²) >= 11 is 0. The number of hydrogen-bond acceptors (Lipinski definition) is 3. The average Bonchev–Trinajstić information content (AvgIpc) is 2.12. The van der Waals surface area contributed by atoms with Gasteiger partial charge in [-0.1, -0.05) is 6.08 Å². The van der Waals surface area contributed by atoms with Crippen LogP contribution in [-0.4, -0.2) is 25.5 Å². The van der Waals surface area contributed by atoms with E-state index in [0.717, 1.165) is 0 Å². The van der Waals surface area contributed by atoms with Gasteiger partial charge in [-0.05, 0) is 13.8 Å². The Kier molecular flexibility index (Phi) is 4.17. The zero-order valence-corrected chi connectivity index (χ0v) is 8.22. The van der Waals surface area contributed by atoms with E-state index in [4.69, 9.17) is 0 Å². The van der Waals surface area contributed by atoms with Gasteiger partial charge in [0, 0.05) is 6.54 Å². The highest BCUT2D eigenvalue weighted by atomic mass is 16.5. The van der Waals surface area contributed by atoms with E-state index < -0.39 is 11.4 Å². The maximum absolute atomic E-state index is 11.4. The van der Waals surface area contributed by atoms with Gasteiger partial charge < -0.3 is 10.1 Å². The summed E-state index contributed by atoms with van der Waals surface area (Å²) in [5.74, 6) is -0.909. The predicted molar refractivity (Wildman–Crippen MR) is 49.0 cm³/mol. The Morgan fingerprint density at radius 3 is 2.46 bits per heavy atom. The van der Waals surface area contributed by atoms with Crippen molar-refractivity contribution in [1.29, 1.82) is 0 Å². The van der Waals surface area contributed by atoms with Gasteiger partial charge >= 0.3 is 5.97 Å². The van der Waals surface area contributed by atoms with Crippen LogP contribution in [0.5, 0.6) is 0 Å². The zero-order valence-electron chi connectivity index (χ0n) is 8.22. The van der Waals surface area contributed by atoms with Gasteiger partial charge in [-0.15, -0.1) is 6.58 Å². The third kappa shape index (κ3) is 2.89. The summed E-state index contributed by atoms with van der Waals surface area (Å²) in [6.07, 6.45) is 1.55. The number of ether oxygens (including phenoxy) is 1. The monoisotopic (exact) mass is 185 g/mol. The van der Waals surface area contributed by atoms with Crippen LogP contribution in [0.3, 0.4) is 0 Å². The van der Waals surface area contributed by atoms with Crippen molar-refractivity contribution in [3.05, 3.63) is 12.7 Å². The number of carbonyl (C=O) groups excluding carboxylic acids is 2. The second-order valence-electron chi connectivity index (χ2n) is 3.12. The highest BCUT2D eigenvalue weighted by Gasteiger charge is 2.36. The maximum atomic E-state index is 11.4. The summed E-state index contributed by atoms with van der Waals surface area (Å²) in [6, 6.07) is 0. The summed E-state index contributed by atoms with van der Waals surface area (Å²) < 4.78 is 4.49. The van der Waals surface area contributed by atoms with Crippen molar-refractivity contribution in [3.8, 4) is 0 Å². The standard InChI is InChI=1S/C9H15NO3/c1-5-6-10-7(11)9(2,3)8(12)13-4/h5H,1,6H2,2-4H3,(H,10,11). The Bertz CT molecular complexity index is 221. The van der Waals surface area contributed by atoms with Crippen molar-refractivity contribution >= 4 is 11.9 Å². The van der Waals surface area contributed by atoms with Gasteiger partial charge in [0.2, 0.25) is 5.91 Å². The van der Waals surface area contributed by atoms with Crippen LogP contribution in [0.15, 0.2) is 12.7 Å². The largest absolute Gasteiger partial charge is 0.468 e. The van der Waals surface area contributed by atoms with E-state index in [9.17, 15) is 9.59 Å². The van der Waals surface area contributed by atoms with Crippen molar-refractivity contribution in [2.45, 2.75) is 13.8 Å². The number of hydrogen-bond donors (Lipinski definition) is 1. The van der Waals surface area contributed by atoms with Gasteiger partial charge in [0.15, 0.2) is 0 Å². The summed E-state index contributed by atoms with van der Waals surface area (Å²) in [5, 5.41) is 2.53. The van der Waals surface area contributed by atoms with Crippen LogP contribution in [0, 0.1) is 5.41 Å². The molecule has 13 heavy (non-hydrogen) atoms. The minimum Gasteiger partial charge on any atom is -0.468 e. The molecule has 0 saturated carbocycles. The van der Waals surface area contributed by atoms with Crippen LogP contribution in [0.1, 0.15) is 13.8 Å². The minimum atomic E-state index is -1.14. The summed E-state index contributed by atoms with van der Waals surface area (Å²) in [5.41, 5.74) is -1.14. The molecule has 0 rings (SSSR count). The molecule has 0 aliphatic rings. The van der Waals surface area contributed by atoms with Crippen molar-refractivity contribution < 1.29 is 14.3 Å². The number of carbonyl (C=O) groups is 2. The van der Waals surface area contributed by atoms with Gasteiger partial charge in [-0.3, -0.25) is 9.59 Å². The fraction of sp³-hybridized carbons (Fsp3) is 0.556. The zero-order chi connectivity index (χ0) is 10.5. The molecule has 0 aromatic rings. The first-order valence-corrected chi connectivity index (χ1v) is 3.94. The van der Waals surface area contributed by atoms with Crippen molar-refractivity contribution in [1.82, 2.24) is 5.32 Å². The van der Waals surface area contributed by atoms with E-state index in [1.54, 1.807) is 6.08 Å². The fourth-order valence-corrected chi connectivity index (χ4v) is 0.734. The first-order chi connectivity index (χ1) is 5.96. The second-order valence-corrected chi connectivity index (χ2v) is 3.12. The molecule has 0 radical (unpaired) electrons. The van der Waals surface area contributed by atoms with Crippen molar-refractivity contribution in [2.75, 3.05) is 13.7 Å². The molecule has 4 heteroatoms. The molecule has 0 aromatic carbocycles. The van der Waals surface area contributed by atoms with Gasteiger partial charge in [0.1, 0.15) is 5.41 Å². The second kappa shape index (κ2) is 4.64. The highest BCUT2D eigenvalue weighted by Crippen LogP contribution is 2.16. The van der Waals surface area contributed by atoms with Crippen LogP contribution >= 0.6 is 0 Å². The maximum Gasteiger partial charge on any atom is 0.320 e. The molecule has 1 amide bonds. The lowest BCUT2D eigenvalue weighted by Gasteiger charge is -2.19. The molecule has 0 fully saturated rings. The summed E-state index contributed by atoms with van der Waals surface area (Å²) in [7, 11) is 1.25. The molecule has 0 saturated heterocycles. The van der Waals surface area contributed by atoms with Crippen LogP contribution < -0.4 is 5.32 Å². The van der Waals surface area contributed by atoms with Crippen LogP contribution in [0.25, 0.3) is 0 Å². The van der Waals surface area contributed by atoms with Crippen LogP contribution in [0.2, 0.25) is 0 Å². The van der Waals surface area contributed by atoms with E-state index in [2.05, 4.69) is 16.6 Å². The van der Waals surface area contributed by atoms with Crippen molar-refractivity contribution in [3.63, 3.8) is 0 Å². The van der Waals surface area contributed by atoms with E-state index >= 15 is 0 Å². The smallest absolute Gasteiger partial charge is 0.320 e. The quantitative estimate of drug-likeness (QED) is 0.394. The molecule has 0 bridgehead atoms. The third-order valence-electron chi connectivity index (χ3n) is 1.67. The lowest BCUT2D eigenvalue weighted by molar-refractivity contribution is -0.156. The van der Waals surface area contributed by atoms with Crippen LogP contribution in [-0.2, 0) is 14.3 Å². The molecule has 0 spiro atoms. The SMILES string of the molecule is C=CCNC(=O)C(C)(C)C(=O)OC. The lowest BCUT2D eigenvalue weighted by atomic mass is 9.92. The first-order valence-electron chi connectivity index (χ1n) is 3.94. The number of nitrogens with one attached hydrogen (secondary N) is 1. The number of amides is 1. The average molecular weight is 185 g/mol. The molecule has 0 aromatic heterocycles. The molecule has 4 nitrogen and oxygen atoms in total. The van der Waals surface area contributed by atoms with E-state index in [1.165, 1.54) is 21.0 Å². The molecule has 0 aliphatic carbocycles. The molecular weight excluding hydrogens is 170 g/mol. The Hall–Kier alpha value is -1.32. The lowest BCUT2D eigenvalue weighted by Crippen LogP contribution is -2.43. The summed E-state index contributed by atoms with van der Waals surface area (Å²) in [6.45, 7) is 6.82. The van der Waals surface area contributed by atoms with Crippen molar-refractivity contribution in [2.24, 2.45) is 5.41 Å². The topological polar surface area (TPSA) is 55.4 Å². The summed E-state index contributed by atoms with van der Waals surface area (Å²) in [4.78, 5) is 22.5. The third-order valence-corrected chi connectivity index (χ3v) is 1.67. The number of rotatable bonds is 4. The predicted octanol–water partition coefficient (Wildman–Crippen LogP) is 0.488. The van der Waals surface area contributed by atoms with E-state index in [0.29, 0.717) is 6.54 Å². The number of methoxy groups -OCH3 is 1. The van der Waals surface area contributed by atoms with E-state index in [-0.39, 0.29) is 5.91 Å². The minimum absolute atomic E-state index is 0.346. The molecule has 0 unspecified atom stereocenters. The van der Waals surface area contributed by atoms with Gasteiger partial charge in [0.25, 0.3) is 0 Å². The molecule has 0 atom stereocenters. The fourth-order valence-electron chi connectivity index (χ4n) is 0.734. The highest BCUT2D eigenvalue weighted by molar-refractivity contribution is 6.01. The first kappa shape index (κ1) is 11.7. The normalized spacial score (nSPS) is 10.4. The van der Waals surface area contributed by atoms with Crippen LogP contribution in [0.4, 0.5) is 0 Å². The Morgan fingerprint density at radius 2 is 2.08 bits per heavy atom. The Morgan fingerprint density at radius 1 is 1.54 bits per heavy atom. The van der Waals surface area contributed by atoms with Gasteiger partial charge in [-0.25, -0.2) is 0 Å². The molecule has 1 N–H and O–H groups in total. The van der Waals surface area contributed by atoms with Gasteiger partial charge in [-0.2, -0.15) is 0 Å². The molecular formula is C9H15NO3. The molecule has 74 valence electrons. The Labute approximate surface area is 78.0 Å². The molecule has 0 aliphatic heterocycles. The van der Waals surface area contributed by atoms with Gasteiger partial charge in [0.05, 0.1) is 7.11 Å².